The summed E-state index contributed by atoms with van der Waals surface area (Å²) in [6.07, 6.45) is 0.909. The number of nitrogens with zero attached hydrogens (tertiary/aromatic N) is 4. The molecule has 0 amide bonds. The van der Waals surface area contributed by atoms with Crippen LogP contribution >= 0.6 is 24.0 Å². The number of ether oxygens (including phenoxy) is 2. The lowest BCUT2D eigenvalue weighted by Crippen LogP contribution is -2.38. The Morgan fingerprint density at radius 1 is 1.13 bits per heavy atom. The standard InChI is InChI=1S/C21H34N6O2.HI/c1-6-28-12-8-11-22-21(24-15-20-26-25-17(4)27(20)5)23-14-18-10-9-16(3)13-19(18)29-7-2;/h9-10,13H,6-8,11-12,14-15H2,1-5H3,(H2,22,23,24);1H. The zero-order valence-corrected chi connectivity index (χ0v) is 21.0. The zero-order valence-electron chi connectivity index (χ0n) is 18.7. The highest BCUT2D eigenvalue weighted by atomic mass is 127. The van der Waals surface area contributed by atoms with Gasteiger partial charge in [-0.2, -0.15) is 0 Å². The van der Waals surface area contributed by atoms with Gasteiger partial charge in [0.2, 0.25) is 0 Å². The van der Waals surface area contributed by atoms with Crippen molar-refractivity contribution >= 4 is 29.9 Å². The Labute approximate surface area is 196 Å². The molecule has 1 aromatic carbocycles. The highest BCUT2D eigenvalue weighted by Crippen LogP contribution is 2.21. The van der Waals surface area contributed by atoms with E-state index in [0.717, 1.165) is 55.1 Å². The van der Waals surface area contributed by atoms with E-state index in [1.807, 2.05) is 32.4 Å². The third-order valence-electron chi connectivity index (χ3n) is 4.49. The molecule has 30 heavy (non-hydrogen) atoms. The summed E-state index contributed by atoms with van der Waals surface area (Å²) in [6, 6.07) is 6.21. The summed E-state index contributed by atoms with van der Waals surface area (Å²) in [6.45, 7) is 11.9. The van der Waals surface area contributed by atoms with E-state index in [0.29, 0.717) is 19.7 Å². The van der Waals surface area contributed by atoms with Gasteiger partial charge >= 0.3 is 0 Å². The molecule has 0 spiro atoms. The van der Waals surface area contributed by atoms with Gasteiger partial charge in [-0.15, -0.1) is 34.2 Å². The lowest BCUT2D eigenvalue weighted by molar-refractivity contribution is 0.145. The van der Waals surface area contributed by atoms with Crippen molar-refractivity contribution in [1.82, 2.24) is 25.4 Å². The normalized spacial score (nSPS) is 11.2. The van der Waals surface area contributed by atoms with Crippen molar-refractivity contribution in [2.24, 2.45) is 12.0 Å². The molecule has 2 aromatic rings. The Balaban J connectivity index is 0.00000450. The van der Waals surface area contributed by atoms with Crippen LogP contribution in [0.1, 0.15) is 43.0 Å². The van der Waals surface area contributed by atoms with E-state index in [1.54, 1.807) is 0 Å². The second-order valence-corrected chi connectivity index (χ2v) is 6.76. The van der Waals surface area contributed by atoms with E-state index < -0.39 is 0 Å². The molecule has 0 saturated heterocycles. The summed E-state index contributed by atoms with van der Waals surface area (Å²) in [5.41, 5.74) is 2.23. The number of guanidine groups is 1. The number of nitrogens with one attached hydrogen (secondary N) is 2. The second-order valence-electron chi connectivity index (χ2n) is 6.76. The molecule has 0 radical (unpaired) electrons. The van der Waals surface area contributed by atoms with Crippen molar-refractivity contribution in [2.45, 2.75) is 47.2 Å². The number of aryl methyl sites for hydroxylation is 2. The van der Waals surface area contributed by atoms with Crippen molar-refractivity contribution in [2.75, 3.05) is 26.4 Å². The van der Waals surface area contributed by atoms with Crippen LogP contribution in [0.3, 0.4) is 0 Å². The first-order valence-electron chi connectivity index (χ1n) is 10.2. The third-order valence-corrected chi connectivity index (χ3v) is 4.49. The number of benzene rings is 1. The quantitative estimate of drug-likeness (QED) is 0.201. The van der Waals surface area contributed by atoms with Crippen molar-refractivity contribution < 1.29 is 9.47 Å². The van der Waals surface area contributed by atoms with Gasteiger partial charge in [0.05, 0.1) is 19.7 Å². The Kier molecular flexibility index (Phi) is 12.4. The zero-order chi connectivity index (χ0) is 21.1. The van der Waals surface area contributed by atoms with E-state index in [1.165, 1.54) is 5.56 Å². The molecule has 168 valence electrons. The molecule has 0 aliphatic heterocycles. The summed E-state index contributed by atoms with van der Waals surface area (Å²) in [5, 5.41) is 15.0. The van der Waals surface area contributed by atoms with Crippen LogP contribution in [0, 0.1) is 13.8 Å². The molecule has 2 N–H and O–H groups in total. The molecule has 0 bridgehead atoms. The molecule has 0 atom stereocenters. The summed E-state index contributed by atoms with van der Waals surface area (Å²) >= 11 is 0. The van der Waals surface area contributed by atoms with Crippen molar-refractivity contribution in [3.63, 3.8) is 0 Å². The number of hydrogen-bond acceptors (Lipinski definition) is 5. The van der Waals surface area contributed by atoms with Crippen LogP contribution in [0.4, 0.5) is 0 Å². The minimum absolute atomic E-state index is 0. The predicted octanol–water partition coefficient (Wildman–Crippen LogP) is 3.11. The van der Waals surface area contributed by atoms with Crippen molar-refractivity contribution in [3.8, 4) is 5.75 Å². The molecule has 0 saturated carbocycles. The highest BCUT2D eigenvalue weighted by molar-refractivity contribution is 14.0. The SMILES string of the molecule is CCOCCCNC(=NCc1ccc(C)cc1OCC)NCc1nnc(C)n1C.I. The van der Waals surface area contributed by atoms with Gasteiger partial charge in [0.15, 0.2) is 11.8 Å². The average molecular weight is 530 g/mol. The van der Waals surface area contributed by atoms with Crippen LogP contribution < -0.4 is 15.4 Å². The maximum atomic E-state index is 5.78. The van der Waals surface area contributed by atoms with Gasteiger partial charge in [0.25, 0.3) is 0 Å². The fourth-order valence-electron chi connectivity index (χ4n) is 2.71. The van der Waals surface area contributed by atoms with Gasteiger partial charge in [0, 0.05) is 32.4 Å². The maximum Gasteiger partial charge on any atom is 0.191 e. The fourth-order valence-corrected chi connectivity index (χ4v) is 2.71. The molecule has 1 heterocycles. The monoisotopic (exact) mass is 530 g/mol. The first-order valence-corrected chi connectivity index (χ1v) is 10.2. The predicted molar refractivity (Wildman–Crippen MR) is 131 cm³/mol. The maximum absolute atomic E-state index is 5.78. The summed E-state index contributed by atoms with van der Waals surface area (Å²) in [5.74, 6) is 3.35. The second kappa shape index (κ2) is 14.2. The van der Waals surface area contributed by atoms with E-state index in [-0.39, 0.29) is 24.0 Å². The van der Waals surface area contributed by atoms with Gasteiger partial charge in [-0.05, 0) is 45.7 Å². The molecule has 0 aliphatic rings. The number of aromatic nitrogens is 3. The van der Waals surface area contributed by atoms with Crippen LogP contribution in [-0.2, 0) is 24.9 Å². The van der Waals surface area contributed by atoms with E-state index in [2.05, 4.69) is 46.0 Å². The van der Waals surface area contributed by atoms with Crippen LogP contribution in [-0.4, -0.2) is 47.1 Å². The molecule has 0 fully saturated rings. The van der Waals surface area contributed by atoms with E-state index in [9.17, 15) is 0 Å². The van der Waals surface area contributed by atoms with Crippen LogP contribution in [0.15, 0.2) is 23.2 Å². The van der Waals surface area contributed by atoms with Crippen molar-refractivity contribution in [1.29, 1.82) is 0 Å². The number of hydrogen-bond donors (Lipinski definition) is 2. The summed E-state index contributed by atoms with van der Waals surface area (Å²) in [4.78, 5) is 4.75. The lowest BCUT2D eigenvalue weighted by atomic mass is 10.1. The molecule has 0 unspecified atom stereocenters. The van der Waals surface area contributed by atoms with Gasteiger partial charge in [-0.3, -0.25) is 0 Å². The van der Waals surface area contributed by atoms with Gasteiger partial charge in [0.1, 0.15) is 11.6 Å². The smallest absolute Gasteiger partial charge is 0.191 e. The lowest BCUT2D eigenvalue weighted by Gasteiger charge is -2.14. The van der Waals surface area contributed by atoms with Crippen LogP contribution in [0.2, 0.25) is 0 Å². The molecule has 8 nitrogen and oxygen atoms in total. The Morgan fingerprint density at radius 2 is 1.93 bits per heavy atom. The number of rotatable bonds is 11. The molecule has 9 heteroatoms. The number of halogens is 1. The summed E-state index contributed by atoms with van der Waals surface area (Å²) < 4.78 is 13.1. The molecule has 1 aromatic heterocycles. The molecular formula is C21H35IN6O2. The first-order chi connectivity index (χ1) is 14.0. The van der Waals surface area contributed by atoms with Crippen molar-refractivity contribution in [3.05, 3.63) is 41.0 Å². The number of aliphatic imine (C=N–C) groups is 1. The third kappa shape index (κ3) is 8.47. The van der Waals surface area contributed by atoms with Gasteiger partial charge in [-0.1, -0.05) is 12.1 Å². The van der Waals surface area contributed by atoms with E-state index >= 15 is 0 Å². The Hall–Kier alpha value is -1.88. The Bertz CT molecular complexity index is 794. The van der Waals surface area contributed by atoms with Crippen LogP contribution in [0.25, 0.3) is 0 Å². The van der Waals surface area contributed by atoms with Gasteiger partial charge in [-0.25, -0.2) is 4.99 Å². The minimum Gasteiger partial charge on any atom is -0.494 e. The Morgan fingerprint density at radius 3 is 2.60 bits per heavy atom. The van der Waals surface area contributed by atoms with Crippen LogP contribution in [0.5, 0.6) is 5.75 Å². The fraction of sp³-hybridized carbons (Fsp3) is 0.571. The van der Waals surface area contributed by atoms with E-state index in [4.69, 9.17) is 14.5 Å². The molecular weight excluding hydrogens is 495 g/mol. The largest absolute Gasteiger partial charge is 0.494 e. The summed E-state index contributed by atoms with van der Waals surface area (Å²) in [7, 11) is 1.96. The minimum atomic E-state index is 0. The first kappa shape index (κ1) is 26.2. The molecule has 0 aliphatic carbocycles. The average Bonchev–Trinajstić information content (AvgIpc) is 3.02. The topological polar surface area (TPSA) is 85.6 Å². The van der Waals surface area contributed by atoms with Gasteiger partial charge < -0.3 is 24.7 Å². The highest BCUT2D eigenvalue weighted by Gasteiger charge is 2.08. The molecule has 2 rings (SSSR count).